The molecule has 3 aromatic heterocycles. The maximum atomic E-state index is 12.8. The molecule has 12 heteroatoms. The van der Waals surface area contributed by atoms with E-state index in [1.165, 1.54) is 29.0 Å². The Morgan fingerprint density at radius 1 is 1.17 bits per heavy atom. The van der Waals surface area contributed by atoms with Crippen LogP contribution in [0, 0.1) is 27.2 Å². The molecule has 30 heavy (non-hydrogen) atoms. The third kappa shape index (κ3) is 3.24. The van der Waals surface area contributed by atoms with E-state index < -0.39 is 27.1 Å². The molecule has 4 rings (SSSR count). The summed E-state index contributed by atoms with van der Waals surface area (Å²) in [5, 5.41) is 31.1. The Bertz CT molecular complexity index is 1280. The summed E-state index contributed by atoms with van der Waals surface area (Å²) in [6.07, 6.45) is 2.87. The van der Waals surface area contributed by atoms with Crippen molar-refractivity contribution in [2.45, 2.75) is 6.92 Å². The van der Waals surface area contributed by atoms with Crippen molar-refractivity contribution in [3.05, 3.63) is 79.5 Å². The normalized spacial score (nSPS) is 10.8. The van der Waals surface area contributed by atoms with Crippen LogP contribution in [0.4, 0.5) is 17.1 Å². The van der Waals surface area contributed by atoms with E-state index in [0.717, 1.165) is 22.7 Å². The van der Waals surface area contributed by atoms with Crippen molar-refractivity contribution in [1.82, 2.24) is 14.6 Å². The monoisotopic (exact) mass is 424 g/mol. The van der Waals surface area contributed by atoms with Gasteiger partial charge < -0.3 is 5.32 Å². The van der Waals surface area contributed by atoms with Crippen molar-refractivity contribution in [2.24, 2.45) is 0 Å². The number of aromatic nitrogens is 3. The molecule has 0 bridgehead atoms. The molecular formula is C18H12N6O5S. The lowest BCUT2D eigenvalue weighted by atomic mass is 10.1. The van der Waals surface area contributed by atoms with Crippen LogP contribution in [0.1, 0.15) is 15.9 Å². The number of benzene rings is 1. The minimum atomic E-state index is -0.734. The second-order valence-electron chi connectivity index (χ2n) is 6.21. The first-order valence-corrected chi connectivity index (χ1v) is 9.36. The van der Waals surface area contributed by atoms with Crippen LogP contribution in [0.2, 0.25) is 0 Å². The molecule has 11 nitrogen and oxygen atoms in total. The summed E-state index contributed by atoms with van der Waals surface area (Å²) in [5.41, 5.74) is 0.0680. The average Bonchev–Trinajstić information content (AvgIpc) is 3.38. The number of hydrogen-bond acceptors (Lipinski definition) is 8. The van der Waals surface area contributed by atoms with Gasteiger partial charge >= 0.3 is 0 Å². The number of nitrogens with one attached hydrogen (secondary N) is 1. The molecule has 1 N–H and O–H groups in total. The van der Waals surface area contributed by atoms with Crippen LogP contribution in [0.5, 0.6) is 0 Å². The van der Waals surface area contributed by atoms with E-state index in [9.17, 15) is 25.0 Å². The summed E-state index contributed by atoms with van der Waals surface area (Å²) in [7, 11) is 0. The Labute approximate surface area is 171 Å². The van der Waals surface area contributed by atoms with Crippen molar-refractivity contribution in [2.75, 3.05) is 5.32 Å². The second kappa shape index (κ2) is 7.33. The summed E-state index contributed by atoms with van der Waals surface area (Å²) in [6.45, 7) is 1.28. The number of amides is 1. The Morgan fingerprint density at radius 2 is 1.87 bits per heavy atom. The van der Waals surface area contributed by atoms with E-state index in [1.807, 2.05) is 17.5 Å². The van der Waals surface area contributed by atoms with Gasteiger partial charge in [-0.25, -0.2) is 9.50 Å². The minimum absolute atomic E-state index is 0.0715. The van der Waals surface area contributed by atoms with E-state index in [4.69, 9.17) is 0 Å². The first-order chi connectivity index (χ1) is 14.4. The van der Waals surface area contributed by atoms with Crippen LogP contribution in [0.3, 0.4) is 0 Å². The van der Waals surface area contributed by atoms with E-state index >= 15 is 0 Å². The molecule has 3 heterocycles. The number of thiophene rings is 1. The van der Waals surface area contributed by atoms with Crippen molar-refractivity contribution in [1.29, 1.82) is 0 Å². The Kier molecular flexibility index (Phi) is 4.68. The Balaban J connectivity index is 1.73. The standard InChI is InChI=1S/C18H12N6O5S/c1-10-14(23(26)27)7-11(8-15(10)24(28)29)21-18(25)12-9-20-22-13(4-5-19-17(12)22)16-3-2-6-30-16/h2-9H,1H3,(H,21,25). The molecule has 0 fully saturated rings. The van der Waals surface area contributed by atoms with Gasteiger partial charge in [0, 0.05) is 18.3 Å². The second-order valence-corrected chi connectivity index (χ2v) is 7.16. The average molecular weight is 424 g/mol. The minimum Gasteiger partial charge on any atom is -0.321 e. The summed E-state index contributed by atoms with van der Waals surface area (Å²) in [4.78, 5) is 38.9. The summed E-state index contributed by atoms with van der Waals surface area (Å²) in [6, 6.07) is 7.72. The lowest BCUT2D eigenvalue weighted by Gasteiger charge is -2.07. The van der Waals surface area contributed by atoms with Gasteiger partial charge in [-0.3, -0.25) is 25.0 Å². The maximum absolute atomic E-state index is 12.8. The highest BCUT2D eigenvalue weighted by atomic mass is 32.1. The van der Waals surface area contributed by atoms with Gasteiger partial charge in [0.15, 0.2) is 5.65 Å². The molecule has 0 aliphatic rings. The van der Waals surface area contributed by atoms with E-state index in [1.54, 1.807) is 12.3 Å². The zero-order chi connectivity index (χ0) is 21.4. The van der Waals surface area contributed by atoms with Crippen LogP contribution in [0.25, 0.3) is 16.2 Å². The largest absolute Gasteiger partial charge is 0.321 e. The highest BCUT2D eigenvalue weighted by Crippen LogP contribution is 2.32. The number of rotatable bonds is 5. The highest BCUT2D eigenvalue weighted by Gasteiger charge is 2.25. The number of anilines is 1. The van der Waals surface area contributed by atoms with Gasteiger partial charge in [-0.05, 0) is 24.4 Å². The molecule has 150 valence electrons. The fourth-order valence-electron chi connectivity index (χ4n) is 3.00. The molecule has 4 aromatic rings. The van der Waals surface area contributed by atoms with Crippen molar-refractivity contribution >= 4 is 40.0 Å². The molecule has 0 aliphatic carbocycles. The third-order valence-corrected chi connectivity index (χ3v) is 5.32. The van der Waals surface area contributed by atoms with Crippen molar-refractivity contribution in [3.63, 3.8) is 0 Å². The predicted octanol–water partition coefficient (Wildman–Crippen LogP) is 3.83. The van der Waals surface area contributed by atoms with Gasteiger partial charge in [0.25, 0.3) is 17.3 Å². The number of nitro benzene ring substituents is 2. The molecule has 0 radical (unpaired) electrons. The van der Waals surface area contributed by atoms with Gasteiger partial charge in [-0.1, -0.05) is 6.07 Å². The summed E-state index contributed by atoms with van der Waals surface area (Å²) >= 11 is 1.50. The van der Waals surface area contributed by atoms with Crippen LogP contribution < -0.4 is 5.32 Å². The van der Waals surface area contributed by atoms with Gasteiger partial charge in [0.1, 0.15) is 11.1 Å². The fourth-order valence-corrected chi connectivity index (χ4v) is 3.73. The summed E-state index contributed by atoms with van der Waals surface area (Å²) < 4.78 is 1.51. The van der Waals surface area contributed by atoms with Crippen LogP contribution in [-0.2, 0) is 0 Å². The van der Waals surface area contributed by atoms with E-state index in [2.05, 4.69) is 15.4 Å². The molecule has 0 aliphatic heterocycles. The SMILES string of the molecule is Cc1c([N+](=O)[O-])cc(NC(=O)c2cnn3c(-c4cccs4)ccnc23)cc1[N+](=O)[O-]. The molecular weight excluding hydrogens is 412 g/mol. The number of carbonyl (C=O) groups excluding carboxylic acids is 1. The topological polar surface area (TPSA) is 146 Å². The van der Waals surface area contributed by atoms with Gasteiger partial charge in [-0.15, -0.1) is 11.3 Å². The van der Waals surface area contributed by atoms with Crippen LogP contribution in [0.15, 0.2) is 48.1 Å². The molecule has 0 atom stereocenters. The third-order valence-electron chi connectivity index (χ3n) is 4.42. The van der Waals surface area contributed by atoms with Crippen molar-refractivity contribution in [3.8, 4) is 10.6 Å². The first kappa shape index (κ1) is 19.1. The maximum Gasteiger partial charge on any atom is 0.281 e. The zero-order valence-electron chi connectivity index (χ0n) is 15.3. The summed E-state index contributed by atoms with van der Waals surface area (Å²) in [5.74, 6) is -0.645. The van der Waals surface area contributed by atoms with Crippen LogP contribution >= 0.6 is 11.3 Å². The van der Waals surface area contributed by atoms with E-state index in [-0.39, 0.29) is 22.5 Å². The molecule has 0 saturated carbocycles. The molecule has 1 aromatic carbocycles. The van der Waals surface area contributed by atoms with E-state index in [0.29, 0.717) is 0 Å². The Morgan fingerprint density at radius 3 is 2.47 bits per heavy atom. The Hall–Kier alpha value is -4.19. The van der Waals surface area contributed by atoms with Crippen molar-refractivity contribution < 1.29 is 14.6 Å². The number of hydrogen-bond donors (Lipinski definition) is 1. The number of nitrogens with zero attached hydrogens (tertiary/aromatic N) is 5. The fraction of sp³-hybridized carbons (Fsp3) is 0.0556. The number of nitro groups is 2. The first-order valence-electron chi connectivity index (χ1n) is 8.48. The quantitative estimate of drug-likeness (QED) is 0.378. The predicted molar refractivity (Wildman–Crippen MR) is 109 cm³/mol. The van der Waals surface area contributed by atoms with Crippen LogP contribution in [-0.4, -0.2) is 30.4 Å². The van der Waals surface area contributed by atoms with Gasteiger partial charge in [-0.2, -0.15) is 5.10 Å². The molecule has 1 amide bonds. The zero-order valence-corrected chi connectivity index (χ0v) is 16.1. The smallest absolute Gasteiger partial charge is 0.281 e. The number of fused-ring (bicyclic) bond motifs is 1. The highest BCUT2D eigenvalue weighted by molar-refractivity contribution is 7.13. The molecule has 0 unspecified atom stereocenters. The number of carbonyl (C=O) groups is 1. The molecule has 0 spiro atoms. The lowest BCUT2D eigenvalue weighted by Crippen LogP contribution is -2.13. The van der Waals surface area contributed by atoms with Gasteiger partial charge in [0.2, 0.25) is 0 Å². The molecule has 0 saturated heterocycles. The van der Waals surface area contributed by atoms with Gasteiger partial charge in [0.05, 0.1) is 32.3 Å². The lowest BCUT2D eigenvalue weighted by molar-refractivity contribution is -0.395.